The van der Waals surface area contributed by atoms with Crippen molar-refractivity contribution in [2.24, 2.45) is 0 Å². The maximum atomic E-state index is 11.7. The van der Waals surface area contributed by atoms with Crippen molar-refractivity contribution in [3.05, 3.63) is 34.0 Å². The van der Waals surface area contributed by atoms with Gasteiger partial charge in [0.2, 0.25) is 0 Å². The maximum Gasteiger partial charge on any atom is 0.123 e. The van der Waals surface area contributed by atoms with Crippen molar-refractivity contribution in [1.29, 1.82) is 0 Å². The first-order valence-electron chi connectivity index (χ1n) is 8.13. The highest BCUT2D eigenvalue weighted by atomic mass is 16.5. The number of phenols is 1. The molecule has 0 aliphatic rings. The Kier molecular flexibility index (Phi) is 5.36. The monoisotopic (exact) mass is 307 g/mol. The molecule has 0 fully saturated rings. The van der Waals surface area contributed by atoms with E-state index in [0.717, 1.165) is 24.0 Å². The van der Waals surface area contributed by atoms with Crippen molar-refractivity contribution in [1.82, 2.24) is 0 Å². The second kappa shape index (κ2) is 6.21. The number of aryl methyl sites for hydroxylation is 1. The molecule has 0 spiro atoms. The summed E-state index contributed by atoms with van der Waals surface area (Å²) in [6, 6.07) is 4.21. The van der Waals surface area contributed by atoms with Gasteiger partial charge in [-0.15, -0.1) is 0 Å². The third-order valence-electron chi connectivity index (χ3n) is 3.95. The highest BCUT2D eigenvalue weighted by Gasteiger charge is 2.26. The topological polar surface area (TPSA) is 43.3 Å². The summed E-state index contributed by atoms with van der Waals surface area (Å²) in [5.41, 5.74) is 2.99. The minimum Gasteiger partial charge on any atom is -0.633 e. The van der Waals surface area contributed by atoms with Gasteiger partial charge in [-0.25, -0.2) is 0 Å². The summed E-state index contributed by atoms with van der Waals surface area (Å²) < 4.78 is -0.254. The van der Waals surface area contributed by atoms with Crippen LogP contribution < -0.4 is 0 Å². The quantitative estimate of drug-likeness (QED) is 0.657. The van der Waals surface area contributed by atoms with E-state index in [1.54, 1.807) is 14.1 Å². The number of hydrogen-bond donors (Lipinski definition) is 1. The van der Waals surface area contributed by atoms with Gasteiger partial charge < -0.3 is 15.0 Å². The van der Waals surface area contributed by atoms with E-state index in [4.69, 9.17) is 0 Å². The maximum absolute atomic E-state index is 11.7. The lowest BCUT2D eigenvalue weighted by Crippen LogP contribution is -2.33. The number of quaternary nitrogens is 1. The van der Waals surface area contributed by atoms with Crippen LogP contribution in [0.4, 0.5) is 0 Å². The molecule has 0 amide bonds. The lowest BCUT2D eigenvalue weighted by Gasteiger charge is -2.34. The average molecular weight is 307 g/mol. The number of benzene rings is 1. The van der Waals surface area contributed by atoms with E-state index < -0.39 is 0 Å². The Labute approximate surface area is 136 Å². The van der Waals surface area contributed by atoms with Gasteiger partial charge in [0.05, 0.1) is 20.6 Å². The Morgan fingerprint density at radius 2 is 1.36 bits per heavy atom. The molecule has 22 heavy (non-hydrogen) atoms. The van der Waals surface area contributed by atoms with Gasteiger partial charge in [0.25, 0.3) is 0 Å². The van der Waals surface area contributed by atoms with Crippen molar-refractivity contribution < 1.29 is 9.75 Å². The van der Waals surface area contributed by atoms with Gasteiger partial charge >= 0.3 is 0 Å². The fourth-order valence-electron chi connectivity index (χ4n) is 2.65. The standard InChI is InChI=1S/C19H33NO2/c1-18(2,3)15-12-14(10-9-11-20(7,8)22)13-16(17(15)21)19(4,5)6/h12-13,21H,9-11H2,1-8H3. The summed E-state index contributed by atoms with van der Waals surface area (Å²) in [5.74, 6) is 0.420. The SMILES string of the molecule is CC(C)(C)c1cc(CCC[N+](C)(C)[O-])cc(C(C)(C)C)c1O. The van der Waals surface area contributed by atoms with Crippen LogP contribution in [-0.2, 0) is 17.3 Å². The number of hydroxylamine groups is 3. The molecular weight excluding hydrogens is 274 g/mol. The van der Waals surface area contributed by atoms with Crippen molar-refractivity contribution in [2.45, 2.75) is 65.2 Å². The fraction of sp³-hybridized carbons (Fsp3) is 0.684. The van der Waals surface area contributed by atoms with Crippen LogP contribution in [0.3, 0.4) is 0 Å². The molecule has 3 nitrogen and oxygen atoms in total. The third-order valence-corrected chi connectivity index (χ3v) is 3.95. The van der Waals surface area contributed by atoms with Gasteiger partial charge in [-0.05, 0) is 33.9 Å². The van der Waals surface area contributed by atoms with Gasteiger partial charge in [0.15, 0.2) is 0 Å². The molecule has 0 saturated carbocycles. The van der Waals surface area contributed by atoms with E-state index in [1.807, 2.05) is 0 Å². The zero-order chi connectivity index (χ0) is 17.3. The number of hydrogen-bond acceptors (Lipinski definition) is 2. The molecule has 0 saturated heterocycles. The first-order chi connectivity index (χ1) is 9.72. The van der Waals surface area contributed by atoms with Crippen LogP contribution in [0.15, 0.2) is 12.1 Å². The van der Waals surface area contributed by atoms with Crippen LogP contribution in [0, 0.1) is 5.21 Å². The molecule has 126 valence electrons. The van der Waals surface area contributed by atoms with E-state index in [0.29, 0.717) is 12.3 Å². The summed E-state index contributed by atoms with van der Waals surface area (Å²) >= 11 is 0. The highest BCUT2D eigenvalue weighted by Crippen LogP contribution is 2.39. The minimum absolute atomic E-state index is 0.103. The number of aromatic hydroxyl groups is 1. The Hall–Kier alpha value is -1.06. The molecule has 1 aromatic rings. The lowest BCUT2D eigenvalue weighted by molar-refractivity contribution is -0.840. The van der Waals surface area contributed by atoms with Crippen LogP contribution in [-0.4, -0.2) is 30.4 Å². The summed E-state index contributed by atoms with van der Waals surface area (Å²) in [6.07, 6.45) is 1.73. The van der Waals surface area contributed by atoms with Crippen LogP contribution in [0.2, 0.25) is 0 Å². The molecule has 1 N–H and O–H groups in total. The summed E-state index contributed by atoms with van der Waals surface area (Å²) in [6.45, 7) is 13.3. The first-order valence-corrected chi connectivity index (χ1v) is 8.13. The molecule has 0 unspecified atom stereocenters. The Balaban J connectivity index is 3.19. The third kappa shape index (κ3) is 5.29. The van der Waals surface area contributed by atoms with Crippen LogP contribution in [0.5, 0.6) is 5.75 Å². The molecule has 0 aromatic heterocycles. The van der Waals surface area contributed by atoms with E-state index in [-0.39, 0.29) is 15.5 Å². The average Bonchev–Trinajstić information content (AvgIpc) is 2.26. The van der Waals surface area contributed by atoms with Gasteiger partial charge in [-0.1, -0.05) is 53.7 Å². The van der Waals surface area contributed by atoms with Crippen LogP contribution in [0.25, 0.3) is 0 Å². The highest BCUT2D eigenvalue weighted by molar-refractivity contribution is 5.49. The Morgan fingerprint density at radius 3 is 1.68 bits per heavy atom. The molecule has 3 heteroatoms. The van der Waals surface area contributed by atoms with E-state index in [1.165, 1.54) is 5.56 Å². The number of nitrogens with zero attached hydrogens (tertiary/aromatic N) is 1. The Morgan fingerprint density at radius 1 is 0.955 bits per heavy atom. The predicted molar refractivity (Wildman–Crippen MR) is 94.2 cm³/mol. The van der Waals surface area contributed by atoms with Gasteiger partial charge in [0.1, 0.15) is 5.75 Å². The fourth-order valence-corrected chi connectivity index (χ4v) is 2.65. The second-order valence-electron chi connectivity index (χ2n) is 8.94. The second-order valence-corrected chi connectivity index (χ2v) is 8.94. The molecule has 1 aromatic carbocycles. The molecule has 0 heterocycles. The zero-order valence-electron chi connectivity index (χ0n) is 15.6. The summed E-state index contributed by atoms with van der Waals surface area (Å²) in [7, 11) is 3.36. The van der Waals surface area contributed by atoms with E-state index in [2.05, 4.69) is 53.7 Å². The van der Waals surface area contributed by atoms with Gasteiger partial charge in [-0.2, -0.15) is 0 Å². The predicted octanol–water partition coefficient (Wildman–Crippen LogP) is 4.49. The van der Waals surface area contributed by atoms with E-state index >= 15 is 0 Å². The number of rotatable bonds is 4. The van der Waals surface area contributed by atoms with Crippen molar-refractivity contribution in [2.75, 3.05) is 20.6 Å². The largest absolute Gasteiger partial charge is 0.633 e. The first kappa shape index (κ1) is 19.0. The number of phenolic OH excluding ortho intramolecular Hbond substituents is 1. The van der Waals surface area contributed by atoms with Crippen LogP contribution >= 0.6 is 0 Å². The van der Waals surface area contributed by atoms with Crippen molar-refractivity contribution >= 4 is 0 Å². The van der Waals surface area contributed by atoms with Gasteiger partial charge in [-0.3, -0.25) is 0 Å². The van der Waals surface area contributed by atoms with Crippen molar-refractivity contribution in [3.8, 4) is 5.75 Å². The molecule has 0 radical (unpaired) electrons. The van der Waals surface area contributed by atoms with Crippen LogP contribution in [0.1, 0.15) is 64.7 Å². The molecule has 0 bridgehead atoms. The summed E-state index contributed by atoms with van der Waals surface area (Å²) in [5, 5.41) is 22.4. The summed E-state index contributed by atoms with van der Waals surface area (Å²) in [4.78, 5) is 0. The molecule has 0 aliphatic carbocycles. The van der Waals surface area contributed by atoms with Crippen molar-refractivity contribution in [3.63, 3.8) is 0 Å². The lowest BCUT2D eigenvalue weighted by atomic mass is 9.78. The smallest absolute Gasteiger partial charge is 0.123 e. The minimum atomic E-state index is -0.254. The normalized spacial score (nSPS) is 13.5. The molecule has 1 rings (SSSR count). The van der Waals surface area contributed by atoms with E-state index in [9.17, 15) is 10.3 Å². The molecule has 0 atom stereocenters. The molecular formula is C19H33NO2. The zero-order valence-corrected chi connectivity index (χ0v) is 15.6. The molecule has 0 aliphatic heterocycles. The van der Waals surface area contributed by atoms with Gasteiger partial charge in [0, 0.05) is 6.42 Å². The Bertz CT molecular complexity index is 479.